The molecule has 1 aromatic rings. The molecule has 1 amide bonds. The summed E-state index contributed by atoms with van der Waals surface area (Å²) in [7, 11) is 0. The van der Waals surface area contributed by atoms with E-state index in [1.165, 1.54) is 6.42 Å². The Bertz CT molecular complexity index is 403. The number of anilines is 1. The minimum atomic E-state index is 0.145. The highest BCUT2D eigenvalue weighted by molar-refractivity contribution is 5.76. The monoisotopic (exact) mass is 232 g/mol. The first-order chi connectivity index (χ1) is 8.15. The number of nitrogens with two attached hydrogens (primary N) is 1. The van der Waals surface area contributed by atoms with Crippen LogP contribution >= 0.6 is 0 Å². The number of carbonyl (C=O) groups excluding carboxylic acids is 1. The maximum atomic E-state index is 11.6. The molecule has 17 heavy (non-hydrogen) atoms. The Kier molecular flexibility index (Phi) is 3.67. The number of benzene rings is 1. The summed E-state index contributed by atoms with van der Waals surface area (Å²) in [4.78, 5) is 11.6. The molecule has 2 unspecified atom stereocenters. The molecular weight excluding hydrogens is 212 g/mol. The van der Waals surface area contributed by atoms with Crippen molar-refractivity contribution in [3.63, 3.8) is 0 Å². The molecule has 1 fully saturated rings. The van der Waals surface area contributed by atoms with E-state index in [4.69, 9.17) is 5.73 Å². The minimum absolute atomic E-state index is 0.145. The Hall–Kier alpha value is -1.51. The van der Waals surface area contributed by atoms with Gasteiger partial charge < -0.3 is 11.1 Å². The summed E-state index contributed by atoms with van der Waals surface area (Å²) in [6, 6.07) is 7.72. The summed E-state index contributed by atoms with van der Waals surface area (Å²) in [5.41, 5.74) is 7.57. The normalized spacial score (nSPS) is 22.2. The fourth-order valence-electron chi connectivity index (χ4n) is 2.02. The Morgan fingerprint density at radius 3 is 2.94 bits per heavy atom. The lowest BCUT2D eigenvalue weighted by Crippen LogP contribution is -2.26. The van der Waals surface area contributed by atoms with Crippen molar-refractivity contribution in [1.82, 2.24) is 5.32 Å². The molecular formula is C14H20N2O. The summed E-state index contributed by atoms with van der Waals surface area (Å²) in [6.45, 7) is 3.07. The molecule has 1 saturated carbocycles. The van der Waals surface area contributed by atoms with E-state index in [2.05, 4.69) is 12.2 Å². The maximum Gasteiger partial charge on any atom is 0.220 e. The van der Waals surface area contributed by atoms with E-state index in [-0.39, 0.29) is 5.91 Å². The fraction of sp³-hybridized carbons (Fsp3) is 0.500. The van der Waals surface area contributed by atoms with Gasteiger partial charge in [0.05, 0.1) is 0 Å². The van der Waals surface area contributed by atoms with Crippen LogP contribution in [0.5, 0.6) is 0 Å². The largest absolute Gasteiger partial charge is 0.399 e. The molecule has 92 valence electrons. The summed E-state index contributed by atoms with van der Waals surface area (Å²) in [5.74, 6) is 1.65. The lowest BCUT2D eigenvalue weighted by atomic mass is 10.1. The second kappa shape index (κ2) is 5.21. The van der Waals surface area contributed by atoms with Gasteiger partial charge in [0.1, 0.15) is 0 Å². The van der Waals surface area contributed by atoms with Gasteiger partial charge in [0.25, 0.3) is 0 Å². The van der Waals surface area contributed by atoms with E-state index >= 15 is 0 Å². The lowest BCUT2D eigenvalue weighted by molar-refractivity contribution is -0.121. The third-order valence-electron chi connectivity index (χ3n) is 3.43. The fourth-order valence-corrected chi connectivity index (χ4v) is 2.02. The average molecular weight is 232 g/mol. The highest BCUT2D eigenvalue weighted by Crippen LogP contribution is 2.36. The van der Waals surface area contributed by atoms with Crippen molar-refractivity contribution >= 4 is 11.6 Å². The number of nitrogens with one attached hydrogen (secondary N) is 1. The first-order valence-electron chi connectivity index (χ1n) is 6.26. The molecule has 0 radical (unpaired) electrons. The second-order valence-corrected chi connectivity index (χ2v) is 5.02. The van der Waals surface area contributed by atoms with Crippen LogP contribution in [-0.2, 0) is 11.2 Å². The predicted molar refractivity (Wildman–Crippen MR) is 69.5 cm³/mol. The number of carbonyl (C=O) groups is 1. The molecule has 1 aromatic carbocycles. The smallest absolute Gasteiger partial charge is 0.220 e. The Morgan fingerprint density at radius 1 is 1.53 bits per heavy atom. The van der Waals surface area contributed by atoms with E-state index < -0.39 is 0 Å². The van der Waals surface area contributed by atoms with E-state index in [1.807, 2.05) is 24.3 Å². The maximum absolute atomic E-state index is 11.6. The third-order valence-corrected chi connectivity index (χ3v) is 3.43. The van der Waals surface area contributed by atoms with Crippen molar-refractivity contribution in [2.24, 2.45) is 11.8 Å². The molecule has 0 aliphatic heterocycles. The highest BCUT2D eigenvalue weighted by Gasteiger charge is 2.32. The molecule has 3 N–H and O–H groups in total. The van der Waals surface area contributed by atoms with Gasteiger partial charge in [0, 0.05) is 18.7 Å². The van der Waals surface area contributed by atoms with Crippen molar-refractivity contribution in [3.05, 3.63) is 29.8 Å². The van der Waals surface area contributed by atoms with Gasteiger partial charge in [-0.1, -0.05) is 19.1 Å². The predicted octanol–water partition coefficient (Wildman–Crippen LogP) is 1.97. The SMILES string of the molecule is CC1CC1CNC(=O)CCc1cccc(N)c1. The van der Waals surface area contributed by atoms with Gasteiger partial charge in [0.15, 0.2) is 0 Å². The quantitative estimate of drug-likeness (QED) is 0.763. The van der Waals surface area contributed by atoms with Crippen molar-refractivity contribution in [3.8, 4) is 0 Å². The van der Waals surface area contributed by atoms with Crippen LogP contribution in [0.1, 0.15) is 25.3 Å². The number of hydrogen-bond acceptors (Lipinski definition) is 2. The number of rotatable bonds is 5. The average Bonchev–Trinajstić information content (AvgIpc) is 3.00. The van der Waals surface area contributed by atoms with Gasteiger partial charge >= 0.3 is 0 Å². The molecule has 0 saturated heterocycles. The standard InChI is InChI=1S/C14H20N2O/c1-10-7-12(10)9-16-14(17)6-5-11-3-2-4-13(15)8-11/h2-4,8,10,12H,5-7,9,15H2,1H3,(H,16,17). The van der Waals surface area contributed by atoms with Crippen molar-refractivity contribution in [2.45, 2.75) is 26.2 Å². The van der Waals surface area contributed by atoms with Crippen LogP contribution in [0.3, 0.4) is 0 Å². The second-order valence-electron chi connectivity index (χ2n) is 5.02. The summed E-state index contributed by atoms with van der Waals surface area (Å²) in [6.07, 6.45) is 2.57. The Balaban J connectivity index is 1.68. The lowest BCUT2D eigenvalue weighted by Gasteiger charge is -2.05. The molecule has 1 aliphatic rings. The first-order valence-corrected chi connectivity index (χ1v) is 6.26. The molecule has 2 rings (SSSR count). The summed E-state index contributed by atoms with van der Waals surface area (Å²) in [5, 5.41) is 2.99. The topological polar surface area (TPSA) is 55.1 Å². The zero-order valence-corrected chi connectivity index (χ0v) is 10.3. The van der Waals surface area contributed by atoms with Gasteiger partial charge in [-0.3, -0.25) is 4.79 Å². The number of nitrogen functional groups attached to an aromatic ring is 1. The minimum Gasteiger partial charge on any atom is -0.399 e. The molecule has 3 nitrogen and oxygen atoms in total. The number of hydrogen-bond donors (Lipinski definition) is 2. The van der Waals surface area contributed by atoms with Gasteiger partial charge in [-0.2, -0.15) is 0 Å². The molecule has 1 aliphatic carbocycles. The molecule has 0 spiro atoms. The van der Waals surface area contributed by atoms with Crippen LogP contribution in [0.4, 0.5) is 5.69 Å². The van der Waals surface area contributed by atoms with E-state index in [9.17, 15) is 4.79 Å². The van der Waals surface area contributed by atoms with Gasteiger partial charge in [-0.15, -0.1) is 0 Å². The van der Waals surface area contributed by atoms with Gasteiger partial charge in [-0.25, -0.2) is 0 Å². The van der Waals surface area contributed by atoms with Crippen molar-refractivity contribution in [2.75, 3.05) is 12.3 Å². The molecule has 3 heteroatoms. The van der Waals surface area contributed by atoms with Crippen LogP contribution in [0.15, 0.2) is 24.3 Å². The number of aryl methyl sites for hydroxylation is 1. The van der Waals surface area contributed by atoms with Crippen LogP contribution in [0.25, 0.3) is 0 Å². The zero-order valence-electron chi connectivity index (χ0n) is 10.3. The Morgan fingerprint density at radius 2 is 2.29 bits per heavy atom. The van der Waals surface area contributed by atoms with Crippen LogP contribution in [-0.4, -0.2) is 12.5 Å². The van der Waals surface area contributed by atoms with E-state index in [0.29, 0.717) is 12.3 Å². The van der Waals surface area contributed by atoms with Gasteiger partial charge in [-0.05, 0) is 42.4 Å². The zero-order chi connectivity index (χ0) is 12.3. The molecule has 0 bridgehead atoms. The van der Waals surface area contributed by atoms with E-state index in [0.717, 1.165) is 30.1 Å². The highest BCUT2D eigenvalue weighted by atomic mass is 16.1. The Labute approximate surface area is 102 Å². The summed E-state index contributed by atoms with van der Waals surface area (Å²) >= 11 is 0. The summed E-state index contributed by atoms with van der Waals surface area (Å²) < 4.78 is 0. The third kappa shape index (κ3) is 3.77. The van der Waals surface area contributed by atoms with Crippen LogP contribution in [0.2, 0.25) is 0 Å². The first kappa shape index (κ1) is 12.0. The van der Waals surface area contributed by atoms with E-state index in [1.54, 1.807) is 0 Å². The van der Waals surface area contributed by atoms with Gasteiger partial charge in [0.2, 0.25) is 5.91 Å². The van der Waals surface area contributed by atoms with Crippen molar-refractivity contribution < 1.29 is 4.79 Å². The molecule has 2 atom stereocenters. The molecule has 0 heterocycles. The molecule has 0 aromatic heterocycles. The van der Waals surface area contributed by atoms with Crippen molar-refractivity contribution in [1.29, 1.82) is 0 Å². The number of amides is 1. The van der Waals surface area contributed by atoms with Crippen LogP contribution in [0, 0.1) is 11.8 Å². The van der Waals surface area contributed by atoms with Crippen LogP contribution < -0.4 is 11.1 Å².